The van der Waals surface area contributed by atoms with Crippen LogP contribution in [0.3, 0.4) is 0 Å². The maximum atomic E-state index is 12.6. The summed E-state index contributed by atoms with van der Waals surface area (Å²) in [5, 5.41) is 16.8. The van der Waals surface area contributed by atoms with Gasteiger partial charge in [-0.2, -0.15) is 17.5 Å². The number of rotatable bonds is 6. The molecule has 172 valence electrons. The Morgan fingerprint density at radius 2 is 1.76 bits per heavy atom. The summed E-state index contributed by atoms with van der Waals surface area (Å²) in [6.45, 7) is 3.09. The molecule has 12 heteroatoms. The highest BCUT2D eigenvalue weighted by atomic mass is 127. The Kier molecular flexibility index (Phi) is 10.4. The lowest BCUT2D eigenvalue weighted by Gasteiger charge is -2.32. The van der Waals surface area contributed by atoms with Crippen LogP contribution in [0, 0.1) is 5.92 Å². The van der Waals surface area contributed by atoms with Crippen molar-refractivity contribution in [1.82, 2.24) is 14.9 Å². The minimum Gasteiger partial charge on any atom is -0.388 e. The Hall–Kier alpha value is -0.340. The lowest BCUT2D eigenvalue weighted by Crippen LogP contribution is -2.47. The third kappa shape index (κ3) is 7.69. The van der Waals surface area contributed by atoms with Crippen LogP contribution >= 0.6 is 24.0 Å². The number of piperidine rings is 1. The summed E-state index contributed by atoms with van der Waals surface area (Å²) >= 11 is 0. The van der Waals surface area contributed by atoms with Gasteiger partial charge in [-0.25, -0.2) is 8.42 Å². The summed E-state index contributed by atoms with van der Waals surface area (Å²) < 4.78 is 61.4. The fraction of sp³-hybridized carbons (Fsp3) is 0.941. The number of aliphatic hydroxyl groups is 1. The van der Waals surface area contributed by atoms with Gasteiger partial charge >= 0.3 is 15.5 Å². The van der Waals surface area contributed by atoms with E-state index in [2.05, 4.69) is 15.6 Å². The van der Waals surface area contributed by atoms with Crippen molar-refractivity contribution in [3.63, 3.8) is 0 Å². The van der Waals surface area contributed by atoms with E-state index in [4.69, 9.17) is 0 Å². The fourth-order valence-electron chi connectivity index (χ4n) is 3.68. The fourth-order valence-corrected chi connectivity index (χ4v) is 4.66. The SMILES string of the molecule is CCNC(=NCC1(O)CCCCC1)NCC1CCN(S(=O)(=O)C(F)(F)F)CC1.I. The Morgan fingerprint density at radius 3 is 2.28 bits per heavy atom. The summed E-state index contributed by atoms with van der Waals surface area (Å²) in [6, 6.07) is 0. The molecule has 0 aromatic heterocycles. The molecule has 0 unspecified atom stereocenters. The van der Waals surface area contributed by atoms with E-state index >= 15 is 0 Å². The van der Waals surface area contributed by atoms with Gasteiger partial charge < -0.3 is 15.7 Å². The Balaban J connectivity index is 0.00000420. The van der Waals surface area contributed by atoms with Crippen molar-refractivity contribution in [3.8, 4) is 0 Å². The second kappa shape index (κ2) is 11.3. The Labute approximate surface area is 188 Å². The zero-order valence-electron chi connectivity index (χ0n) is 16.7. The minimum absolute atomic E-state index is 0. The number of halogens is 4. The first-order valence-corrected chi connectivity index (χ1v) is 11.3. The van der Waals surface area contributed by atoms with E-state index in [1.165, 1.54) is 0 Å². The van der Waals surface area contributed by atoms with Crippen molar-refractivity contribution in [3.05, 3.63) is 0 Å². The summed E-state index contributed by atoms with van der Waals surface area (Å²) in [5.41, 5.74) is -6.01. The van der Waals surface area contributed by atoms with Crippen molar-refractivity contribution in [2.75, 3.05) is 32.7 Å². The van der Waals surface area contributed by atoms with E-state index in [0.717, 1.165) is 32.1 Å². The third-order valence-electron chi connectivity index (χ3n) is 5.42. The Morgan fingerprint density at radius 1 is 1.17 bits per heavy atom. The summed E-state index contributed by atoms with van der Waals surface area (Å²) in [5.74, 6) is 0.619. The summed E-state index contributed by atoms with van der Waals surface area (Å²) in [6.07, 6.45) is 5.30. The molecule has 2 fully saturated rings. The number of sulfonamides is 1. The van der Waals surface area contributed by atoms with Crippen LogP contribution in [0.4, 0.5) is 13.2 Å². The minimum atomic E-state index is -5.25. The standard InChI is InChI=1S/C17H31F3N4O3S.HI/c1-2-21-15(23-13-16(25)8-4-3-5-9-16)22-12-14-6-10-24(11-7-14)28(26,27)17(18,19)20;/h14,25H,2-13H2,1H3,(H2,21,22,23);1H. The van der Waals surface area contributed by atoms with Gasteiger partial charge in [-0.3, -0.25) is 4.99 Å². The molecule has 29 heavy (non-hydrogen) atoms. The van der Waals surface area contributed by atoms with Gasteiger partial charge in [-0.05, 0) is 38.5 Å². The van der Waals surface area contributed by atoms with Crippen LogP contribution in [0.2, 0.25) is 0 Å². The molecule has 0 atom stereocenters. The third-order valence-corrected chi connectivity index (χ3v) is 7.05. The molecule has 0 bridgehead atoms. The number of alkyl halides is 3. The zero-order valence-corrected chi connectivity index (χ0v) is 19.8. The molecule has 1 saturated carbocycles. The van der Waals surface area contributed by atoms with Crippen molar-refractivity contribution in [2.45, 2.75) is 63.0 Å². The van der Waals surface area contributed by atoms with Gasteiger partial charge in [0.05, 0.1) is 12.1 Å². The number of nitrogens with one attached hydrogen (secondary N) is 2. The molecule has 0 aromatic carbocycles. The van der Waals surface area contributed by atoms with Crippen LogP contribution in [0.1, 0.15) is 51.9 Å². The van der Waals surface area contributed by atoms with E-state index in [1.807, 2.05) is 6.92 Å². The molecule has 3 N–H and O–H groups in total. The number of aliphatic imine (C=N–C) groups is 1. The maximum absolute atomic E-state index is 12.6. The van der Waals surface area contributed by atoms with E-state index < -0.39 is 21.1 Å². The first kappa shape index (κ1) is 26.7. The van der Waals surface area contributed by atoms with E-state index in [9.17, 15) is 26.7 Å². The quantitative estimate of drug-likeness (QED) is 0.266. The average molecular weight is 556 g/mol. The van der Waals surface area contributed by atoms with Crippen molar-refractivity contribution in [2.24, 2.45) is 10.9 Å². The molecule has 2 aliphatic rings. The van der Waals surface area contributed by atoms with Gasteiger partial charge in [0.25, 0.3) is 0 Å². The highest BCUT2D eigenvalue weighted by Gasteiger charge is 2.50. The molecule has 1 saturated heterocycles. The molecular formula is C17H32F3IN4O3S. The molecule has 0 aromatic rings. The van der Waals surface area contributed by atoms with E-state index in [-0.39, 0.29) is 43.0 Å². The highest BCUT2D eigenvalue weighted by molar-refractivity contribution is 14.0. The van der Waals surface area contributed by atoms with Crippen LogP contribution in [0.15, 0.2) is 4.99 Å². The molecule has 0 spiro atoms. The molecular weight excluding hydrogens is 524 g/mol. The molecule has 2 rings (SSSR count). The Bertz CT molecular complexity index is 632. The van der Waals surface area contributed by atoms with Crippen molar-refractivity contribution < 1.29 is 26.7 Å². The molecule has 0 radical (unpaired) electrons. The summed E-state index contributed by atoms with van der Waals surface area (Å²) in [7, 11) is -5.24. The normalized spacial score (nSPS) is 22.0. The maximum Gasteiger partial charge on any atom is 0.511 e. The average Bonchev–Trinajstić information content (AvgIpc) is 2.64. The van der Waals surface area contributed by atoms with E-state index in [0.29, 0.717) is 42.7 Å². The van der Waals surface area contributed by atoms with Crippen LogP contribution in [-0.2, 0) is 10.0 Å². The predicted octanol–water partition coefficient (Wildman–Crippen LogP) is 2.42. The second-order valence-electron chi connectivity index (χ2n) is 7.65. The number of nitrogens with zero attached hydrogens (tertiary/aromatic N) is 2. The number of guanidine groups is 1. The van der Waals surface area contributed by atoms with E-state index in [1.54, 1.807) is 0 Å². The summed E-state index contributed by atoms with van der Waals surface area (Å²) in [4.78, 5) is 4.47. The molecule has 1 heterocycles. The van der Waals surface area contributed by atoms with Crippen LogP contribution in [0.25, 0.3) is 0 Å². The molecule has 0 amide bonds. The predicted molar refractivity (Wildman–Crippen MR) is 117 cm³/mol. The second-order valence-corrected chi connectivity index (χ2v) is 9.58. The number of hydrogen-bond donors (Lipinski definition) is 3. The van der Waals surface area contributed by atoms with Gasteiger partial charge in [0.1, 0.15) is 0 Å². The van der Waals surface area contributed by atoms with Crippen molar-refractivity contribution in [1.29, 1.82) is 0 Å². The topological polar surface area (TPSA) is 94.0 Å². The molecule has 1 aliphatic heterocycles. The smallest absolute Gasteiger partial charge is 0.388 e. The largest absolute Gasteiger partial charge is 0.511 e. The van der Waals surface area contributed by atoms with Gasteiger partial charge in [0.15, 0.2) is 5.96 Å². The van der Waals surface area contributed by atoms with Gasteiger partial charge in [-0.15, -0.1) is 24.0 Å². The number of hydrogen-bond acceptors (Lipinski definition) is 4. The molecule has 7 nitrogen and oxygen atoms in total. The van der Waals surface area contributed by atoms with Gasteiger partial charge in [-0.1, -0.05) is 19.3 Å². The van der Waals surface area contributed by atoms with Crippen molar-refractivity contribution >= 4 is 40.0 Å². The first-order valence-electron chi connectivity index (χ1n) is 9.88. The lowest BCUT2D eigenvalue weighted by molar-refractivity contribution is -0.0496. The highest BCUT2D eigenvalue weighted by Crippen LogP contribution is 2.30. The van der Waals surface area contributed by atoms with Gasteiger partial charge in [0, 0.05) is 26.2 Å². The lowest BCUT2D eigenvalue weighted by atomic mass is 9.85. The first-order chi connectivity index (χ1) is 13.1. The monoisotopic (exact) mass is 556 g/mol. The zero-order chi connectivity index (χ0) is 20.8. The van der Waals surface area contributed by atoms with Crippen LogP contribution in [0.5, 0.6) is 0 Å². The molecule has 1 aliphatic carbocycles. The van der Waals surface area contributed by atoms with Gasteiger partial charge in [0.2, 0.25) is 0 Å². The van der Waals surface area contributed by atoms with Crippen LogP contribution in [-0.4, -0.2) is 67.6 Å². The van der Waals surface area contributed by atoms with Crippen LogP contribution < -0.4 is 10.6 Å².